The fourth-order valence-electron chi connectivity index (χ4n) is 3.81. The van der Waals surface area contributed by atoms with E-state index in [1.165, 1.54) is 44.9 Å². The van der Waals surface area contributed by atoms with Gasteiger partial charge in [0.05, 0.1) is 20.3 Å². The van der Waals surface area contributed by atoms with E-state index < -0.39 is 0 Å². The van der Waals surface area contributed by atoms with E-state index in [0.29, 0.717) is 11.8 Å². The predicted molar refractivity (Wildman–Crippen MR) is 128 cm³/mol. The number of unbranched alkanes of at least 4 members (excludes halogenated alkanes) is 2. The third-order valence-electron chi connectivity index (χ3n) is 6.14. The molecule has 0 bridgehead atoms. The Kier molecular flexibility index (Phi) is 10.9. The summed E-state index contributed by atoms with van der Waals surface area (Å²) in [4.78, 5) is 0. The lowest BCUT2D eigenvalue weighted by Gasteiger charge is -2.18. The van der Waals surface area contributed by atoms with Crippen molar-refractivity contribution in [3.05, 3.63) is 30.3 Å². The third-order valence-corrected chi connectivity index (χ3v) is 6.14. The minimum absolute atomic E-state index is 0.598. The van der Waals surface area contributed by atoms with Gasteiger partial charge in [-0.2, -0.15) is 0 Å². The molecule has 0 aliphatic rings. The van der Waals surface area contributed by atoms with Gasteiger partial charge in [-0.3, -0.25) is 0 Å². The van der Waals surface area contributed by atoms with Crippen molar-refractivity contribution < 1.29 is 14.2 Å². The summed E-state index contributed by atoms with van der Waals surface area (Å²) >= 11 is 0. The molecule has 0 heterocycles. The molecule has 3 nitrogen and oxygen atoms in total. The monoisotopic (exact) mass is 414 g/mol. The van der Waals surface area contributed by atoms with Crippen LogP contribution in [0.15, 0.2) is 30.3 Å². The van der Waals surface area contributed by atoms with Crippen molar-refractivity contribution in [1.29, 1.82) is 0 Å². The van der Waals surface area contributed by atoms with Gasteiger partial charge in [0.25, 0.3) is 0 Å². The van der Waals surface area contributed by atoms with Crippen LogP contribution >= 0.6 is 0 Å². The van der Waals surface area contributed by atoms with Crippen LogP contribution in [0.25, 0.3) is 10.8 Å². The van der Waals surface area contributed by atoms with E-state index in [2.05, 4.69) is 58.0 Å². The molecule has 2 rings (SSSR count). The van der Waals surface area contributed by atoms with E-state index in [1.54, 1.807) is 7.11 Å². The first-order chi connectivity index (χ1) is 14.6. The lowest BCUT2D eigenvalue weighted by Crippen LogP contribution is -2.12. The Bertz CT molecular complexity index is 740. The fourth-order valence-corrected chi connectivity index (χ4v) is 3.81. The molecule has 0 fully saturated rings. The van der Waals surface area contributed by atoms with Gasteiger partial charge in [0.15, 0.2) is 11.5 Å². The smallest absolute Gasteiger partial charge is 0.161 e. The summed E-state index contributed by atoms with van der Waals surface area (Å²) in [6.45, 7) is 10.5. The molecule has 2 atom stereocenters. The van der Waals surface area contributed by atoms with E-state index in [4.69, 9.17) is 14.2 Å². The number of benzene rings is 2. The molecule has 168 valence electrons. The summed E-state index contributed by atoms with van der Waals surface area (Å²) in [5, 5.41) is 2.27. The zero-order valence-corrected chi connectivity index (χ0v) is 19.8. The Balaban J connectivity index is 2.08. The maximum absolute atomic E-state index is 6.19. The topological polar surface area (TPSA) is 27.7 Å². The molecule has 2 aromatic carbocycles. The van der Waals surface area contributed by atoms with E-state index >= 15 is 0 Å². The first-order valence-electron chi connectivity index (χ1n) is 12.0. The van der Waals surface area contributed by atoms with E-state index in [-0.39, 0.29) is 0 Å². The largest absolute Gasteiger partial charge is 0.493 e. The molecule has 0 aromatic heterocycles. The molecule has 0 spiro atoms. The lowest BCUT2D eigenvalue weighted by molar-refractivity contribution is 0.224. The Morgan fingerprint density at radius 3 is 1.87 bits per heavy atom. The standard InChI is InChI=1S/C27H42O3/c1-6-10-12-21(8-3)19-29-25-15-14-23-17-27(26(28-5)18-24(23)16-25)30-20-22(9-4)13-11-7-2/h14-18,21-22H,6-13,19-20H2,1-5H3. The van der Waals surface area contributed by atoms with Crippen LogP contribution in [-0.2, 0) is 0 Å². The minimum Gasteiger partial charge on any atom is -0.493 e. The van der Waals surface area contributed by atoms with Gasteiger partial charge >= 0.3 is 0 Å². The number of fused-ring (bicyclic) bond motifs is 1. The zero-order chi connectivity index (χ0) is 21.8. The summed E-state index contributed by atoms with van der Waals surface area (Å²) in [6, 6.07) is 10.5. The Morgan fingerprint density at radius 1 is 0.700 bits per heavy atom. The maximum atomic E-state index is 6.19. The lowest BCUT2D eigenvalue weighted by atomic mass is 10.0. The summed E-state index contributed by atoms with van der Waals surface area (Å²) in [5.41, 5.74) is 0. The molecule has 0 saturated carbocycles. The van der Waals surface area contributed by atoms with E-state index in [1.807, 2.05) is 0 Å². The van der Waals surface area contributed by atoms with E-state index in [9.17, 15) is 0 Å². The van der Waals surface area contributed by atoms with Crippen LogP contribution in [-0.4, -0.2) is 20.3 Å². The third kappa shape index (κ3) is 7.41. The second-order valence-electron chi connectivity index (χ2n) is 8.47. The first-order valence-corrected chi connectivity index (χ1v) is 12.0. The molecule has 2 aromatic rings. The average Bonchev–Trinajstić information content (AvgIpc) is 2.78. The summed E-state index contributed by atoms with van der Waals surface area (Å²) in [5.74, 6) is 3.78. The van der Waals surface area contributed by atoms with Crippen molar-refractivity contribution in [3.63, 3.8) is 0 Å². The Hall–Kier alpha value is -1.90. The van der Waals surface area contributed by atoms with Crippen LogP contribution in [0.2, 0.25) is 0 Å². The van der Waals surface area contributed by atoms with Gasteiger partial charge in [0.1, 0.15) is 5.75 Å². The molecular weight excluding hydrogens is 372 g/mol. The van der Waals surface area contributed by atoms with Crippen LogP contribution < -0.4 is 14.2 Å². The second kappa shape index (κ2) is 13.4. The average molecular weight is 415 g/mol. The van der Waals surface area contributed by atoms with Crippen LogP contribution in [0.5, 0.6) is 17.2 Å². The van der Waals surface area contributed by atoms with Crippen molar-refractivity contribution in [2.45, 2.75) is 79.1 Å². The van der Waals surface area contributed by atoms with Crippen LogP contribution in [0.1, 0.15) is 79.1 Å². The summed E-state index contributed by atoms with van der Waals surface area (Å²) in [6.07, 6.45) is 9.79. The number of hydrogen-bond donors (Lipinski definition) is 0. The van der Waals surface area contributed by atoms with Gasteiger partial charge in [0, 0.05) is 0 Å². The molecule has 0 radical (unpaired) electrons. The van der Waals surface area contributed by atoms with Gasteiger partial charge < -0.3 is 14.2 Å². The molecule has 0 saturated heterocycles. The summed E-state index contributed by atoms with van der Waals surface area (Å²) in [7, 11) is 1.71. The van der Waals surface area contributed by atoms with Crippen molar-refractivity contribution in [2.75, 3.05) is 20.3 Å². The number of hydrogen-bond acceptors (Lipinski definition) is 3. The normalized spacial score (nSPS) is 13.2. The van der Waals surface area contributed by atoms with E-state index in [0.717, 1.165) is 47.7 Å². The molecule has 30 heavy (non-hydrogen) atoms. The minimum atomic E-state index is 0.598. The highest BCUT2D eigenvalue weighted by Gasteiger charge is 2.12. The van der Waals surface area contributed by atoms with Gasteiger partial charge in [-0.05, 0) is 59.7 Å². The highest BCUT2D eigenvalue weighted by molar-refractivity contribution is 5.87. The van der Waals surface area contributed by atoms with Crippen molar-refractivity contribution in [3.8, 4) is 17.2 Å². The second-order valence-corrected chi connectivity index (χ2v) is 8.47. The maximum Gasteiger partial charge on any atom is 0.161 e. The highest BCUT2D eigenvalue weighted by atomic mass is 16.5. The van der Waals surface area contributed by atoms with Crippen LogP contribution in [0.4, 0.5) is 0 Å². The molecule has 3 heteroatoms. The molecule has 0 aliphatic carbocycles. The molecule has 0 amide bonds. The Morgan fingerprint density at radius 2 is 1.30 bits per heavy atom. The highest BCUT2D eigenvalue weighted by Crippen LogP contribution is 2.34. The molecule has 0 N–H and O–H groups in total. The van der Waals surface area contributed by atoms with Crippen LogP contribution in [0, 0.1) is 11.8 Å². The number of rotatable bonds is 15. The van der Waals surface area contributed by atoms with Crippen LogP contribution in [0.3, 0.4) is 0 Å². The SMILES string of the molecule is CCCCC(CC)COc1ccc2cc(OCC(CC)CCCC)c(OC)cc2c1. The Labute approximate surface area is 184 Å². The predicted octanol–water partition coefficient (Wildman–Crippen LogP) is 8.04. The first kappa shape index (κ1) is 24.4. The number of methoxy groups -OCH3 is 1. The molecule has 0 aliphatic heterocycles. The zero-order valence-electron chi connectivity index (χ0n) is 19.8. The molecular formula is C27H42O3. The van der Waals surface area contributed by atoms with Gasteiger partial charge in [-0.1, -0.05) is 72.3 Å². The van der Waals surface area contributed by atoms with Crippen molar-refractivity contribution in [1.82, 2.24) is 0 Å². The molecule has 2 unspecified atom stereocenters. The van der Waals surface area contributed by atoms with Gasteiger partial charge in [-0.25, -0.2) is 0 Å². The number of ether oxygens (including phenoxy) is 3. The van der Waals surface area contributed by atoms with Gasteiger partial charge in [-0.15, -0.1) is 0 Å². The van der Waals surface area contributed by atoms with Gasteiger partial charge in [0.2, 0.25) is 0 Å². The van der Waals surface area contributed by atoms with Crippen molar-refractivity contribution >= 4 is 10.8 Å². The van der Waals surface area contributed by atoms with Crippen molar-refractivity contribution in [2.24, 2.45) is 11.8 Å². The summed E-state index contributed by atoms with van der Waals surface area (Å²) < 4.78 is 18.0. The fraction of sp³-hybridized carbons (Fsp3) is 0.630. The quantitative estimate of drug-likeness (QED) is 0.295.